The molecular formula is C16H15NO4. The van der Waals surface area contributed by atoms with Gasteiger partial charge < -0.3 is 15.5 Å². The van der Waals surface area contributed by atoms with E-state index in [9.17, 15) is 19.8 Å². The number of carbonyl (C=O) groups is 2. The molecule has 0 heterocycles. The molecule has 5 nitrogen and oxygen atoms in total. The molecule has 108 valence electrons. The molecule has 0 aliphatic rings. The summed E-state index contributed by atoms with van der Waals surface area (Å²) in [5, 5.41) is 21.3. The van der Waals surface area contributed by atoms with Crippen LogP contribution < -0.4 is 5.32 Å². The van der Waals surface area contributed by atoms with Gasteiger partial charge in [0.1, 0.15) is 0 Å². The van der Waals surface area contributed by atoms with Crippen LogP contribution in [0.15, 0.2) is 42.5 Å². The van der Waals surface area contributed by atoms with E-state index < -0.39 is 11.9 Å². The van der Waals surface area contributed by atoms with Crippen LogP contribution in [0.5, 0.6) is 0 Å². The predicted octanol–water partition coefficient (Wildman–Crippen LogP) is 3.39. The molecule has 0 saturated heterocycles. The van der Waals surface area contributed by atoms with Crippen LogP contribution in [0, 0.1) is 0 Å². The van der Waals surface area contributed by atoms with Gasteiger partial charge in [0.25, 0.3) is 0 Å². The van der Waals surface area contributed by atoms with Gasteiger partial charge in [0.05, 0.1) is 16.8 Å². The molecule has 2 aromatic carbocycles. The molecule has 2 rings (SSSR count). The zero-order valence-electron chi connectivity index (χ0n) is 11.5. The van der Waals surface area contributed by atoms with Gasteiger partial charge in [0.2, 0.25) is 0 Å². The Morgan fingerprint density at radius 1 is 0.952 bits per heavy atom. The van der Waals surface area contributed by atoms with Gasteiger partial charge >= 0.3 is 11.9 Å². The fraction of sp³-hybridized carbons (Fsp3) is 0.125. The Morgan fingerprint density at radius 3 is 1.90 bits per heavy atom. The molecule has 21 heavy (non-hydrogen) atoms. The van der Waals surface area contributed by atoms with Crippen molar-refractivity contribution >= 4 is 23.3 Å². The van der Waals surface area contributed by atoms with Crippen LogP contribution in [0.1, 0.15) is 33.2 Å². The van der Waals surface area contributed by atoms with E-state index in [4.69, 9.17) is 0 Å². The van der Waals surface area contributed by atoms with Gasteiger partial charge in [-0.05, 0) is 36.2 Å². The van der Waals surface area contributed by atoms with Crippen LogP contribution in [0.2, 0.25) is 0 Å². The van der Waals surface area contributed by atoms with E-state index in [0.29, 0.717) is 5.69 Å². The lowest BCUT2D eigenvalue weighted by Crippen LogP contribution is -2.09. The van der Waals surface area contributed by atoms with Gasteiger partial charge in [-0.1, -0.05) is 25.1 Å². The Labute approximate surface area is 121 Å². The van der Waals surface area contributed by atoms with Crippen molar-refractivity contribution in [1.29, 1.82) is 0 Å². The molecule has 0 spiro atoms. The molecule has 0 aliphatic carbocycles. The van der Waals surface area contributed by atoms with Crippen molar-refractivity contribution in [3.8, 4) is 0 Å². The van der Waals surface area contributed by atoms with Crippen molar-refractivity contribution in [2.75, 3.05) is 5.32 Å². The monoisotopic (exact) mass is 285 g/mol. The number of aromatic carboxylic acids is 2. The summed E-state index contributed by atoms with van der Waals surface area (Å²) in [6.07, 6.45) is 0.895. The summed E-state index contributed by atoms with van der Waals surface area (Å²) < 4.78 is 0. The Hall–Kier alpha value is -2.82. The van der Waals surface area contributed by atoms with E-state index in [1.165, 1.54) is 18.2 Å². The van der Waals surface area contributed by atoms with Crippen molar-refractivity contribution in [3.05, 3.63) is 59.2 Å². The lowest BCUT2D eigenvalue weighted by Gasteiger charge is -2.13. The van der Waals surface area contributed by atoms with Crippen LogP contribution in [0.3, 0.4) is 0 Å². The Kier molecular flexibility index (Phi) is 4.23. The maximum atomic E-state index is 11.3. The average molecular weight is 285 g/mol. The second-order valence-electron chi connectivity index (χ2n) is 4.51. The highest BCUT2D eigenvalue weighted by Gasteiger charge is 2.18. The second kappa shape index (κ2) is 6.09. The van der Waals surface area contributed by atoms with E-state index in [-0.39, 0.29) is 16.8 Å². The first-order valence-corrected chi connectivity index (χ1v) is 6.48. The van der Waals surface area contributed by atoms with E-state index in [2.05, 4.69) is 5.32 Å². The number of carboxylic acids is 2. The normalized spacial score (nSPS) is 10.1. The number of aryl methyl sites for hydroxylation is 1. The van der Waals surface area contributed by atoms with Gasteiger partial charge in [0.15, 0.2) is 0 Å². The summed E-state index contributed by atoms with van der Waals surface area (Å²) in [5.41, 5.74) is 1.72. The molecule has 2 aromatic rings. The summed E-state index contributed by atoms with van der Waals surface area (Å²) in [5.74, 6) is -2.35. The summed E-state index contributed by atoms with van der Waals surface area (Å²) in [7, 11) is 0. The first-order valence-electron chi connectivity index (χ1n) is 6.48. The highest BCUT2D eigenvalue weighted by molar-refractivity contribution is 6.04. The Balaban J connectivity index is 2.45. The molecule has 0 bridgehead atoms. The third-order valence-corrected chi connectivity index (χ3v) is 3.16. The highest BCUT2D eigenvalue weighted by atomic mass is 16.4. The van der Waals surface area contributed by atoms with Gasteiger partial charge in [-0.15, -0.1) is 0 Å². The summed E-state index contributed by atoms with van der Waals surface area (Å²) in [6, 6.07) is 11.6. The molecule has 0 fully saturated rings. The third-order valence-electron chi connectivity index (χ3n) is 3.16. The molecule has 0 unspecified atom stereocenters. The van der Waals surface area contributed by atoms with E-state index in [1.807, 2.05) is 19.1 Å². The zero-order valence-corrected chi connectivity index (χ0v) is 11.5. The number of rotatable bonds is 5. The lowest BCUT2D eigenvalue weighted by atomic mass is 10.1. The maximum absolute atomic E-state index is 11.3. The van der Waals surface area contributed by atoms with Crippen molar-refractivity contribution in [2.24, 2.45) is 0 Å². The Morgan fingerprint density at radius 2 is 1.48 bits per heavy atom. The van der Waals surface area contributed by atoms with E-state index >= 15 is 0 Å². The molecule has 0 aromatic heterocycles. The first kappa shape index (κ1) is 14.6. The van der Waals surface area contributed by atoms with Crippen LogP contribution >= 0.6 is 0 Å². The molecule has 5 heteroatoms. The third kappa shape index (κ3) is 3.20. The number of para-hydroxylation sites is 1. The zero-order chi connectivity index (χ0) is 15.4. The summed E-state index contributed by atoms with van der Waals surface area (Å²) >= 11 is 0. The van der Waals surface area contributed by atoms with Gasteiger partial charge in [-0.2, -0.15) is 0 Å². The lowest BCUT2D eigenvalue weighted by molar-refractivity contribution is 0.0696. The standard InChI is InChI=1S/C16H15NO4/c1-2-10-6-8-11(9-7-10)17-14-12(15(18)19)4-3-5-13(14)16(20)21/h3-9,17H,2H2,1H3,(H,18,19)(H,20,21). The van der Waals surface area contributed by atoms with E-state index in [1.54, 1.807) is 12.1 Å². The minimum Gasteiger partial charge on any atom is -0.478 e. The van der Waals surface area contributed by atoms with Crippen LogP contribution in [-0.4, -0.2) is 22.2 Å². The van der Waals surface area contributed by atoms with Crippen molar-refractivity contribution in [3.63, 3.8) is 0 Å². The van der Waals surface area contributed by atoms with Crippen molar-refractivity contribution in [1.82, 2.24) is 0 Å². The molecule has 3 N–H and O–H groups in total. The van der Waals surface area contributed by atoms with Crippen molar-refractivity contribution in [2.45, 2.75) is 13.3 Å². The first-order chi connectivity index (χ1) is 10.0. The quantitative estimate of drug-likeness (QED) is 0.784. The fourth-order valence-corrected chi connectivity index (χ4v) is 2.01. The summed E-state index contributed by atoms with van der Waals surface area (Å²) in [6.45, 7) is 2.03. The Bertz CT molecular complexity index is 645. The van der Waals surface area contributed by atoms with Gasteiger partial charge in [-0.3, -0.25) is 0 Å². The summed E-state index contributed by atoms with van der Waals surface area (Å²) in [4.78, 5) is 22.5. The van der Waals surface area contributed by atoms with Crippen LogP contribution in [-0.2, 0) is 6.42 Å². The minimum atomic E-state index is -1.18. The van der Waals surface area contributed by atoms with Crippen molar-refractivity contribution < 1.29 is 19.8 Å². The number of hydrogen-bond donors (Lipinski definition) is 3. The molecule has 0 amide bonds. The number of carboxylic acid groups (broad SMARTS) is 2. The van der Waals surface area contributed by atoms with E-state index in [0.717, 1.165) is 12.0 Å². The topological polar surface area (TPSA) is 86.6 Å². The van der Waals surface area contributed by atoms with Gasteiger partial charge in [0, 0.05) is 5.69 Å². The molecule has 0 saturated carbocycles. The molecular weight excluding hydrogens is 270 g/mol. The predicted molar refractivity (Wildman–Crippen MR) is 79.5 cm³/mol. The van der Waals surface area contributed by atoms with Gasteiger partial charge in [-0.25, -0.2) is 9.59 Å². The number of benzene rings is 2. The fourth-order valence-electron chi connectivity index (χ4n) is 2.01. The smallest absolute Gasteiger partial charge is 0.337 e. The van der Waals surface area contributed by atoms with Crippen LogP contribution in [0.25, 0.3) is 0 Å². The molecule has 0 atom stereocenters. The number of nitrogens with one attached hydrogen (secondary N) is 1. The minimum absolute atomic E-state index is 0.0746. The van der Waals surface area contributed by atoms with Crippen LogP contribution in [0.4, 0.5) is 11.4 Å². The average Bonchev–Trinajstić information content (AvgIpc) is 2.47. The number of anilines is 2. The SMILES string of the molecule is CCc1ccc(Nc2c(C(=O)O)cccc2C(=O)O)cc1. The second-order valence-corrected chi connectivity index (χ2v) is 4.51. The molecule has 0 aliphatic heterocycles. The highest BCUT2D eigenvalue weighted by Crippen LogP contribution is 2.26. The maximum Gasteiger partial charge on any atom is 0.337 e. The largest absolute Gasteiger partial charge is 0.478 e. The number of hydrogen-bond acceptors (Lipinski definition) is 3. The molecule has 0 radical (unpaired) electrons.